The Morgan fingerprint density at radius 2 is 2.06 bits per heavy atom. The van der Waals surface area contributed by atoms with E-state index in [1.807, 2.05) is 13.8 Å². The Labute approximate surface area is 103 Å². The number of hydrogen-bond acceptors (Lipinski definition) is 2. The SMILES string of the molecule is CO[n+]1c(-c2ccc(Cl)c(F)c2)oc(C)c1C. The molecule has 0 unspecified atom stereocenters. The van der Waals surface area contributed by atoms with Crippen LogP contribution in [0, 0.1) is 19.7 Å². The van der Waals surface area contributed by atoms with Crippen molar-refractivity contribution < 1.29 is 18.4 Å². The molecule has 0 radical (unpaired) electrons. The van der Waals surface area contributed by atoms with Crippen molar-refractivity contribution in [1.82, 2.24) is 0 Å². The fourth-order valence-corrected chi connectivity index (χ4v) is 1.70. The van der Waals surface area contributed by atoms with Crippen molar-refractivity contribution in [3.05, 3.63) is 40.5 Å². The molecule has 0 N–H and O–H groups in total. The van der Waals surface area contributed by atoms with E-state index >= 15 is 0 Å². The molecule has 0 atom stereocenters. The molecular weight excluding hydrogens is 245 g/mol. The first-order valence-electron chi connectivity index (χ1n) is 5.06. The summed E-state index contributed by atoms with van der Waals surface area (Å²) in [5.74, 6) is 0.675. The van der Waals surface area contributed by atoms with Crippen LogP contribution >= 0.6 is 11.6 Å². The topological polar surface area (TPSA) is 26.2 Å². The van der Waals surface area contributed by atoms with Crippen molar-refractivity contribution in [2.75, 3.05) is 7.11 Å². The van der Waals surface area contributed by atoms with Crippen molar-refractivity contribution in [3.8, 4) is 11.5 Å². The van der Waals surface area contributed by atoms with Crippen molar-refractivity contribution in [3.63, 3.8) is 0 Å². The fraction of sp³-hybridized carbons (Fsp3) is 0.250. The first kappa shape index (κ1) is 11.9. The first-order valence-corrected chi connectivity index (χ1v) is 5.44. The molecular formula is C12H12ClFNO2+. The van der Waals surface area contributed by atoms with Gasteiger partial charge in [-0.25, -0.2) is 4.39 Å². The smallest absolute Gasteiger partial charge is 0.400 e. The van der Waals surface area contributed by atoms with Crippen LogP contribution in [0.2, 0.25) is 5.02 Å². The Morgan fingerprint density at radius 1 is 1.35 bits per heavy atom. The lowest BCUT2D eigenvalue weighted by molar-refractivity contribution is -0.882. The van der Waals surface area contributed by atoms with Gasteiger partial charge in [-0.05, 0) is 18.2 Å². The number of benzene rings is 1. The lowest BCUT2D eigenvalue weighted by Gasteiger charge is -1.96. The van der Waals surface area contributed by atoms with E-state index < -0.39 is 5.82 Å². The van der Waals surface area contributed by atoms with Gasteiger partial charge in [-0.3, -0.25) is 4.84 Å². The van der Waals surface area contributed by atoms with Gasteiger partial charge >= 0.3 is 5.89 Å². The molecule has 3 nitrogen and oxygen atoms in total. The maximum atomic E-state index is 13.4. The Hall–Kier alpha value is -1.55. The highest BCUT2D eigenvalue weighted by Gasteiger charge is 2.27. The molecule has 17 heavy (non-hydrogen) atoms. The summed E-state index contributed by atoms with van der Waals surface area (Å²) in [7, 11) is 1.53. The molecule has 0 saturated carbocycles. The van der Waals surface area contributed by atoms with Gasteiger partial charge in [0.25, 0.3) is 5.69 Å². The molecule has 0 aliphatic rings. The molecule has 2 rings (SSSR count). The van der Waals surface area contributed by atoms with Crippen LogP contribution in [0.5, 0.6) is 0 Å². The lowest BCUT2D eigenvalue weighted by Crippen LogP contribution is -2.43. The third-order valence-electron chi connectivity index (χ3n) is 2.60. The molecule has 0 aliphatic heterocycles. The predicted octanol–water partition coefficient (Wildman–Crippen LogP) is 2.70. The van der Waals surface area contributed by atoms with Crippen LogP contribution in [-0.4, -0.2) is 7.11 Å². The van der Waals surface area contributed by atoms with Gasteiger partial charge in [-0.15, -0.1) is 0 Å². The monoisotopic (exact) mass is 256 g/mol. The van der Waals surface area contributed by atoms with Gasteiger partial charge in [0.15, 0.2) is 5.76 Å². The number of nitrogens with zero attached hydrogens (tertiary/aromatic N) is 1. The number of aryl methyl sites for hydroxylation is 1. The minimum atomic E-state index is -0.487. The largest absolute Gasteiger partial charge is 0.430 e. The average Bonchev–Trinajstić information content (AvgIpc) is 2.59. The van der Waals surface area contributed by atoms with Crippen LogP contribution in [0.25, 0.3) is 11.5 Å². The molecule has 0 spiro atoms. The Morgan fingerprint density at radius 3 is 2.65 bits per heavy atom. The summed E-state index contributed by atoms with van der Waals surface area (Å²) in [4.78, 5) is 5.19. The molecule has 2 aromatic rings. The van der Waals surface area contributed by atoms with Crippen LogP contribution in [0.3, 0.4) is 0 Å². The summed E-state index contributed by atoms with van der Waals surface area (Å²) in [6.45, 7) is 3.68. The van der Waals surface area contributed by atoms with Gasteiger partial charge in [0.05, 0.1) is 15.3 Å². The van der Waals surface area contributed by atoms with Gasteiger partial charge in [0.2, 0.25) is 0 Å². The number of oxazole rings is 1. The van der Waals surface area contributed by atoms with Gasteiger partial charge in [-0.1, -0.05) is 11.6 Å². The Bertz CT molecular complexity index is 566. The lowest BCUT2D eigenvalue weighted by atomic mass is 10.2. The van der Waals surface area contributed by atoms with Gasteiger partial charge in [0, 0.05) is 13.8 Å². The minimum Gasteiger partial charge on any atom is -0.400 e. The van der Waals surface area contributed by atoms with Crippen LogP contribution < -0.4 is 9.57 Å². The van der Waals surface area contributed by atoms with Crippen LogP contribution in [0.1, 0.15) is 11.5 Å². The maximum absolute atomic E-state index is 13.4. The van der Waals surface area contributed by atoms with Crippen molar-refractivity contribution in [1.29, 1.82) is 0 Å². The molecule has 0 aliphatic carbocycles. The van der Waals surface area contributed by atoms with Crippen molar-refractivity contribution in [2.45, 2.75) is 13.8 Å². The van der Waals surface area contributed by atoms with Crippen LogP contribution in [0.4, 0.5) is 4.39 Å². The summed E-state index contributed by atoms with van der Waals surface area (Å²) >= 11 is 5.63. The van der Waals surface area contributed by atoms with E-state index in [4.69, 9.17) is 20.9 Å². The summed E-state index contributed by atoms with van der Waals surface area (Å²) in [5.41, 5.74) is 1.41. The number of hydrogen-bond donors (Lipinski definition) is 0. The Balaban J connectivity index is 2.60. The van der Waals surface area contributed by atoms with Crippen molar-refractivity contribution >= 4 is 11.6 Å². The highest BCUT2D eigenvalue weighted by Crippen LogP contribution is 2.23. The third kappa shape index (κ3) is 2.00. The summed E-state index contributed by atoms with van der Waals surface area (Å²) in [6.07, 6.45) is 0. The quantitative estimate of drug-likeness (QED) is 0.773. The number of rotatable bonds is 2. The standard InChI is InChI=1S/C12H12ClFNO2/c1-7-8(2)17-12(15(7)16-3)9-4-5-10(13)11(14)6-9/h4-6H,1-3H3/q+1. The van der Waals surface area contributed by atoms with E-state index in [0.29, 0.717) is 11.5 Å². The molecule has 1 aromatic heterocycles. The minimum absolute atomic E-state index is 0.0812. The molecule has 0 bridgehead atoms. The van der Waals surface area contributed by atoms with E-state index in [1.54, 1.807) is 6.07 Å². The van der Waals surface area contributed by atoms with Gasteiger partial charge < -0.3 is 4.42 Å². The zero-order valence-corrected chi connectivity index (χ0v) is 10.5. The van der Waals surface area contributed by atoms with E-state index in [9.17, 15) is 4.39 Å². The second-order valence-electron chi connectivity index (χ2n) is 3.65. The second kappa shape index (κ2) is 4.37. The molecule has 0 amide bonds. The zero-order chi connectivity index (χ0) is 12.6. The van der Waals surface area contributed by atoms with E-state index in [-0.39, 0.29) is 5.02 Å². The summed E-state index contributed by atoms with van der Waals surface area (Å²) in [6, 6.07) is 4.48. The van der Waals surface area contributed by atoms with E-state index in [2.05, 4.69) is 0 Å². The zero-order valence-electron chi connectivity index (χ0n) is 9.75. The normalized spacial score (nSPS) is 10.6. The van der Waals surface area contributed by atoms with Gasteiger partial charge in [0.1, 0.15) is 12.9 Å². The maximum Gasteiger partial charge on any atom is 0.430 e. The highest BCUT2D eigenvalue weighted by molar-refractivity contribution is 6.30. The second-order valence-corrected chi connectivity index (χ2v) is 4.06. The molecule has 5 heteroatoms. The van der Waals surface area contributed by atoms with Crippen LogP contribution in [0.15, 0.2) is 22.6 Å². The predicted molar refractivity (Wildman–Crippen MR) is 61.3 cm³/mol. The number of aromatic nitrogens is 1. The molecule has 1 heterocycles. The summed E-state index contributed by atoms with van der Waals surface area (Å²) in [5, 5.41) is 0.0812. The van der Waals surface area contributed by atoms with E-state index in [1.165, 1.54) is 24.0 Å². The molecule has 1 aromatic carbocycles. The molecule has 0 fully saturated rings. The highest BCUT2D eigenvalue weighted by atomic mass is 35.5. The van der Waals surface area contributed by atoms with E-state index in [0.717, 1.165) is 11.5 Å². The average molecular weight is 257 g/mol. The van der Waals surface area contributed by atoms with Crippen LogP contribution in [-0.2, 0) is 0 Å². The Kier molecular flexibility index (Phi) is 3.07. The summed E-state index contributed by atoms with van der Waals surface area (Å²) < 4.78 is 20.4. The molecule has 90 valence electrons. The fourth-order valence-electron chi connectivity index (χ4n) is 1.58. The van der Waals surface area contributed by atoms with Gasteiger partial charge in [-0.2, -0.15) is 0 Å². The third-order valence-corrected chi connectivity index (χ3v) is 2.90. The first-order chi connectivity index (χ1) is 8.04. The van der Waals surface area contributed by atoms with Crippen molar-refractivity contribution in [2.24, 2.45) is 0 Å². The number of halogens is 2. The molecule has 0 saturated heterocycles.